The number of hydrogen-bond acceptors (Lipinski definition) is 3. The van der Waals surface area contributed by atoms with E-state index >= 15 is 0 Å². The quantitative estimate of drug-likeness (QED) is 0.921. The van der Waals surface area contributed by atoms with Gasteiger partial charge in [0.05, 0.1) is 12.3 Å². The maximum atomic E-state index is 13.1. The highest BCUT2D eigenvalue weighted by Crippen LogP contribution is 2.36. The number of rotatable bonds is 3. The molecular weight excluding hydrogens is 288 g/mol. The Balaban J connectivity index is 1.98. The molecule has 1 aromatic rings. The summed E-state index contributed by atoms with van der Waals surface area (Å²) >= 11 is 0. The Morgan fingerprint density at radius 3 is 2.81 bits per heavy atom. The minimum Gasteiger partial charge on any atom is -0.395 e. The summed E-state index contributed by atoms with van der Waals surface area (Å²) in [7, 11) is -3.58. The zero-order valence-corrected chi connectivity index (χ0v) is 13.1. The van der Waals surface area contributed by atoms with E-state index in [1.165, 1.54) is 8.61 Å². The second-order valence-electron chi connectivity index (χ2n) is 5.93. The molecule has 0 bridgehead atoms. The van der Waals surface area contributed by atoms with E-state index in [9.17, 15) is 13.5 Å². The van der Waals surface area contributed by atoms with Crippen molar-refractivity contribution in [3.8, 4) is 0 Å². The molecule has 2 heterocycles. The van der Waals surface area contributed by atoms with E-state index in [4.69, 9.17) is 0 Å². The van der Waals surface area contributed by atoms with Crippen LogP contribution in [0.2, 0.25) is 0 Å². The molecule has 2 unspecified atom stereocenters. The van der Waals surface area contributed by atoms with Crippen LogP contribution < -0.4 is 4.31 Å². The summed E-state index contributed by atoms with van der Waals surface area (Å²) in [5.41, 5.74) is 1.86. The first-order valence-electron chi connectivity index (χ1n) is 7.55. The lowest BCUT2D eigenvalue weighted by Gasteiger charge is -2.38. The highest BCUT2D eigenvalue weighted by atomic mass is 32.2. The third-order valence-electron chi connectivity index (χ3n) is 4.47. The maximum Gasteiger partial charge on any atom is 0.304 e. The van der Waals surface area contributed by atoms with Crippen LogP contribution in [0.25, 0.3) is 0 Å². The molecule has 2 atom stereocenters. The van der Waals surface area contributed by atoms with Crippen LogP contribution in [0.1, 0.15) is 31.7 Å². The van der Waals surface area contributed by atoms with Gasteiger partial charge in [0.1, 0.15) is 0 Å². The number of aliphatic hydroxyl groups excluding tert-OH is 1. The average Bonchev–Trinajstić information content (AvgIpc) is 2.83. The molecule has 0 saturated carbocycles. The van der Waals surface area contributed by atoms with Crippen LogP contribution in [0.3, 0.4) is 0 Å². The van der Waals surface area contributed by atoms with Crippen LogP contribution >= 0.6 is 0 Å². The molecule has 0 aromatic heterocycles. The van der Waals surface area contributed by atoms with Gasteiger partial charge in [-0.15, -0.1) is 0 Å². The van der Waals surface area contributed by atoms with Crippen molar-refractivity contribution in [1.29, 1.82) is 0 Å². The third kappa shape index (κ3) is 2.45. The Kier molecular flexibility index (Phi) is 3.94. The molecule has 21 heavy (non-hydrogen) atoms. The molecule has 1 fully saturated rings. The Morgan fingerprint density at radius 1 is 1.29 bits per heavy atom. The molecule has 0 spiro atoms. The maximum absolute atomic E-state index is 13.1. The lowest BCUT2D eigenvalue weighted by molar-refractivity contribution is 0.154. The van der Waals surface area contributed by atoms with E-state index in [0.717, 1.165) is 36.9 Å². The van der Waals surface area contributed by atoms with Crippen molar-refractivity contribution in [2.24, 2.45) is 0 Å². The van der Waals surface area contributed by atoms with Crippen LogP contribution in [-0.4, -0.2) is 43.1 Å². The van der Waals surface area contributed by atoms with E-state index in [-0.39, 0.29) is 18.7 Å². The second-order valence-corrected chi connectivity index (χ2v) is 7.69. The van der Waals surface area contributed by atoms with Gasteiger partial charge >= 0.3 is 10.2 Å². The fraction of sp³-hybridized carbons (Fsp3) is 0.600. The minimum absolute atomic E-state index is 0.0753. The van der Waals surface area contributed by atoms with Crippen molar-refractivity contribution in [3.63, 3.8) is 0 Å². The van der Waals surface area contributed by atoms with E-state index in [2.05, 4.69) is 0 Å². The van der Waals surface area contributed by atoms with Crippen molar-refractivity contribution < 1.29 is 13.5 Å². The fourth-order valence-electron chi connectivity index (χ4n) is 3.46. The predicted molar refractivity (Wildman–Crippen MR) is 82.4 cm³/mol. The third-order valence-corrected chi connectivity index (χ3v) is 6.60. The molecule has 2 aliphatic rings. The van der Waals surface area contributed by atoms with Crippen LogP contribution in [0.4, 0.5) is 5.69 Å². The standard InChI is InChI=1S/C15H22N2O3S/c1-12-10-13-6-2-3-8-15(13)17(12)21(19,20)16-9-5-4-7-14(16)11-18/h2-3,6,8,12,14,18H,4-5,7,9-11H2,1H3. The first-order valence-corrected chi connectivity index (χ1v) is 8.95. The number of anilines is 1. The van der Waals surface area contributed by atoms with E-state index in [0.29, 0.717) is 6.54 Å². The van der Waals surface area contributed by atoms with Crippen LogP contribution in [0, 0.1) is 0 Å². The van der Waals surface area contributed by atoms with Crippen molar-refractivity contribution in [2.45, 2.75) is 44.7 Å². The van der Waals surface area contributed by atoms with Gasteiger partial charge in [0.25, 0.3) is 0 Å². The second kappa shape index (κ2) is 5.59. The zero-order chi connectivity index (χ0) is 15.0. The number of piperidine rings is 1. The van der Waals surface area contributed by atoms with Gasteiger partial charge in [-0.3, -0.25) is 4.31 Å². The van der Waals surface area contributed by atoms with Gasteiger partial charge in [-0.2, -0.15) is 12.7 Å². The number of hydrogen-bond donors (Lipinski definition) is 1. The average molecular weight is 310 g/mol. The molecule has 116 valence electrons. The molecule has 0 radical (unpaired) electrons. The summed E-state index contributed by atoms with van der Waals surface area (Å²) in [6, 6.07) is 7.31. The van der Waals surface area contributed by atoms with Crippen LogP contribution in [0.15, 0.2) is 24.3 Å². The fourth-order valence-corrected chi connectivity index (χ4v) is 5.55. The first-order chi connectivity index (χ1) is 10.1. The summed E-state index contributed by atoms with van der Waals surface area (Å²) in [5.74, 6) is 0. The molecule has 3 rings (SSSR count). The molecule has 0 aliphatic carbocycles. The van der Waals surface area contributed by atoms with E-state index in [1.54, 1.807) is 0 Å². The molecule has 2 aliphatic heterocycles. The molecule has 6 heteroatoms. The van der Waals surface area contributed by atoms with E-state index < -0.39 is 10.2 Å². The topological polar surface area (TPSA) is 60.9 Å². The Morgan fingerprint density at radius 2 is 2.05 bits per heavy atom. The zero-order valence-electron chi connectivity index (χ0n) is 12.3. The van der Waals surface area contributed by atoms with E-state index in [1.807, 2.05) is 31.2 Å². The van der Waals surface area contributed by atoms with Gasteiger partial charge < -0.3 is 5.11 Å². The summed E-state index contributed by atoms with van der Waals surface area (Å²) in [4.78, 5) is 0. The highest BCUT2D eigenvalue weighted by Gasteiger charge is 2.41. The van der Waals surface area contributed by atoms with Gasteiger partial charge in [-0.05, 0) is 37.8 Å². The lowest BCUT2D eigenvalue weighted by atomic mass is 10.1. The van der Waals surface area contributed by atoms with Crippen molar-refractivity contribution in [2.75, 3.05) is 17.5 Å². The minimum atomic E-state index is -3.58. The van der Waals surface area contributed by atoms with Crippen LogP contribution in [-0.2, 0) is 16.6 Å². The van der Waals surface area contributed by atoms with Crippen molar-refractivity contribution >= 4 is 15.9 Å². The smallest absolute Gasteiger partial charge is 0.304 e. The number of aliphatic hydroxyl groups is 1. The van der Waals surface area contributed by atoms with Gasteiger partial charge in [-0.1, -0.05) is 24.6 Å². The Bertz CT molecular complexity index is 617. The molecule has 1 saturated heterocycles. The van der Waals surface area contributed by atoms with Crippen LogP contribution in [0.5, 0.6) is 0 Å². The molecular formula is C15H22N2O3S. The number of fused-ring (bicyclic) bond motifs is 1. The van der Waals surface area contributed by atoms with Gasteiger partial charge in [0, 0.05) is 18.6 Å². The molecule has 0 amide bonds. The van der Waals surface area contributed by atoms with Gasteiger partial charge in [0.15, 0.2) is 0 Å². The summed E-state index contributed by atoms with van der Waals surface area (Å²) in [5, 5.41) is 9.50. The summed E-state index contributed by atoms with van der Waals surface area (Å²) in [6.07, 6.45) is 3.32. The van der Waals surface area contributed by atoms with Crippen molar-refractivity contribution in [1.82, 2.24) is 4.31 Å². The largest absolute Gasteiger partial charge is 0.395 e. The number of benzene rings is 1. The Hall–Kier alpha value is -1.11. The summed E-state index contributed by atoms with van der Waals surface area (Å²) < 4.78 is 29.2. The number of nitrogens with zero attached hydrogens (tertiary/aromatic N) is 2. The molecule has 5 nitrogen and oxygen atoms in total. The van der Waals surface area contributed by atoms with Gasteiger partial charge in [-0.25, -0.2) is 0 Å². The lowest BCUT2D eigenvalue weighted by Crippen LogP contribution is -2.53. The Labute approximate surface area is 126 Å². The normalized spacial score (nSPS) is 26.9. The first kappa shape index (κ1) is 14.8. The van der Waals surface area contributed by atoms with Gasteiger partial charge in [0.2, 0.25) is 0 Å². The van der Waals surface area contributed by atoms with Crippen molar-refractivity contribution in [3.05, 3.63) is 29.8 Å². The summed E-state index contributed by atoms with van der Waals surface area (Å²) in [6.45, 7) is 2.33. The SMILES string of the molecule is CC1Cc2ccccc2N1S(=O)(=O)N1CCCCC1CO. The highest BCUT2D eigenvalue weighted by molar-refractivity contribution is 7.90. The predicted octanol–water partition coefficient (Wildman–Crippen LogP) is 1.53. The number of para-hydroxylation sites is 1. The molecule has 1 N–H and O–H groups in total. The monoisotopic (exact) mass is 310 g/mol. The molecule has 1 aromatic carbocycles.